The minimum absolute atomic E-state index is 0. The molecule has 0 saturated heterocycles. The Labute approximate surface area is 194 Å². The van der Waals surface area contributed by atoms with Crippen LogP contribution in [-0.4, -0.2) is 26.7 Å². The van der Waals surface area contributed by atoms with Crippen molar-refractivity contribution >= 4 is 11.9 Å². The molecule has 0 spiro atoms. The van der Waals surface area contributed by atoms with Crippen molar-refractivity contribution in [3.63, 3.8) is 0 Å². The van der Waals surface area contributed by atoms with Crippen LogP contribution in [0.15, 0.2) is 73.3 Å². The van der Waals surface area contributed by atoms with Gasteiger partial charge in [-0.25, -0.2) is 9.13 Å². The fourth-order valence-electron chi connectivity index (χ4n) is 3.87. The first-order chi connectivity index (χ1) is 14.9. The molecule has 6 nitrogen and oxygen atoms in total. The van der Waals surface area contributed by atoms with E-state index in [1.165, 1.54) is 5.56 Å². The lowest BCUT2D eigenvalue weighted by molar-refractivity contribution is -0.671. The Kier molecular flexibility index (Phi) is 9.47. The molecular formula is C25H29ClN2O4. The van der Waals surface area contributed by atoms with Gasteiger partial charge in [-0.2, -0.15) is 0 Å². The first kappa shape index (κ1) is 25.1. The lowest BCUT2D eigenvalue weighted by Gasteiger charge is -2.21. The van der Waals surface area contributed by atoms with Crippen molar-refractivity contribution < 1.29 is 36.8 Å². The molecular weight excluding hydrogens is 428 g/mol. The van der Waals surface area contributed by atoms with E-state index in [2.05, 4.69) is 4.57 Å². The zero-order chi connectivity index (χ0) is 22.2. The number of nitrogens with zero attached hydrogens (tertiary/aromatic N) is 2. The van der Waals surface area contributed by atoms with Crippen molar-refractivity contribution in [2.24, 2.45) is 18.9 Å². The summed E-state index contributed by atoms with van der Waals surface area (Å²) in [6, 6.07) is 17.0. The van der Waals surface area contributed by atoms with Crippen LogP contribution >= 0.6 is 0 Å². The van der Waals surface area contributed by atoms with Gasteiger partial charge in [0.2, 0.25) is 6.33 Å². The summed E-state index contributed by atoms with van der Waals surface area (Å²) in [5.74, 6) is -4.13. The second kappa shape index (κ2) is 12.1. The predicted molar refractivity (Wildman–Crippen MR) is 116 cm³/mol. The van der Waals surface area contributed by atoms with Crippen LogP contribution < -0.4 is 17.0 Å². The van der Waals surface area contributed by atoms with Crippen molar-refractivity contribution in [1.82, 2.24) is 4.57 Å². The van der Waals surface area contributed by atoms with Crippen LogP contribution in [0.1, 0.15) is 23.1 Å². The molecule has 0 aliphatic heterocycles. The highest BCUT2D eigenvalue weighted by molar-refractivity contribution is 5.80. The Balaban J connectivity index is 0.00000363. The van der Waals surface area contributed by atoms with Crippen LogP contribution in [0.3, 0.4) is 0 Å². The summed E-state index contributed by atoms with van der Waals surface area (Å²) in [5, 5.41) is 19.4. The zero-order valence-electron chi connectivity index (χ0n) is 18.1. The standard InChI is InChI=1S/C25H28N2O4.ClH/c1-26-14-15-27(18-26)13-5-8-19-9-11-21(12-10-19)17-23(25(30)31)22(24(28)29)16-20-6-3-2-4-7-20;/h2-4,6-7,9-12,14-15,18,22-23H,5,8,13,16-17H2,1H3,(H-,28,29,30,31);1H/t22-,23-;/m0./s1. The van der Waals surface area contributed by atoms with E-state index in [0.717, 1.165) is 30.5 Å². The highest BCUT2D eigenvalue weighted by Gasteiger charge is 2.33. The van der Waals surface area contributed by atoms with Gasteiger partial charge in [-0.3, -0.25) is 9.59 Å². The highest BCUT2D eigenvalue weighted by atomic mass is 35.5. The van der Waals surface area contributed by atoms with Crippen molar-refractivity contribution in [3.8, 4) is 0 Å². The molecule has 0 radical (unpaired) electrons. The van der Waals surface area contributed by atoms with Gasteiger partial charge < -0.3 is 22.6 Å². The smallest absolute Gasteiger partial charge is 0.307 e. The number of aliphatic carboxylic acids is 2. The van der Waals surface area contributed by atoms with Gasteiger partial charge in [0.25, 0.3) is 0 Å². The molecule has 0 bridgehead atoms. The van der Waals surface area contributed by atoms with Crippen molar-refractivity contribution in [2.75, 3.05) is 0 Å². The monoisotopic (exact) mass is 456 g/mol. The fourth-order valence-corrected chi connectivity index (χ4v) is 3.87. The van der Waals surface area contributed by atoms with Gasteiger partial charge in [0.05, 0.1) is 25.4 Å². The van der Waals surface area contributed by atoms with Crippen molar-refractivity contribution in [3.05, 3.63) is 90.0 Å². The van der Waals surface area contributed by atoms with Gasteiger partial charge >= 0.3 is 11.9 Å². The largest absolute Gasteiger partial charge is 1.00 e. The second-order valence-electron chi connectivity index (χ2n) is 8.02. The van der Waals surface area contributed by atoms with Gasteiger partial charge in [-0.05, 0) is 42.4 Å². The lowest BCUT2D eigenvalue weighted by atomic mass is 9.82. The number of benzene rings is 2. The van der Waals surface area contributed by atoms with Crippen LogP contribution in [0.5, 0.6) is 0 Å². The van der Waals surface area contributed by atoms with Gasteiger partial charge in [0.15, 0.2) is 0 Å². The maximum Gasteiger partial charge on any atom is 0.307 e. The minimum Gasteiger partial charge on any atom is -1.00 e. The number of aryl methyl sites for hydroxylation is 3. The van der Waals surface area contributed by atoms with Gasteiger partial charge in [-0.1, -0.05) is 54.6 Å². The molecule has 2 N–H and O–H groups in total. The van der Waals surface area contributed by atoms with Crippen LogP contribution in [0, 0.1) is 11.8 Å². The van der Waals surface area contributed by atoms with E-state index in [0.29, 0.717) is 0 Å². The Morgan fingerprint density at radius 2 is 1.41 bits per heavy atom. The second-order valence-corrected chi connectivity index (χ2v) is 8.02. The Morgan fingerprint density at radius 3 is 1.91 bits per heavy atom. The summed E-state index contributed by atoms with van der Waals surface area (Å²) in [6.07, 6.45) is 8.42. The fraction of sp³-hybridized carbons (Fsp3) is 0.320. The molecule has 32 heavy (non-hydrogen) atoms. The van der Waals surface area contributed by atoms with E-state index in [9.17, 15) is 19.8 Å². The Hall–Kier alpha value is -3.12. The summed E-state index contributed by atoms with van der Waals surface area (Å²) < 4.78 is 4.15. The number of hydrogen-bond donors (Lipinski definition) is 2. The molecule has 3 aromatic rings. The van der Waals surface area contributed by atoms with Crippen LogP contribution in [0.2, 0.25) is 0 Å². The van der Waals surface area contributed by atoms with Crippen LogP contribution in [0.25, 0.3) is 0 Å². The number of halogens is 1. The average molecular weight is 457 g/mol. The molecule has 0 fully saturated rings. The highest BCUT2D eigenvalue weighted by Crippen LogP contribution is 2.23. The van der Waals surface area contributed by atoms with Crippen molar-refractivity contribution in [1.29, 1.82) is 0 Å². The molecule has 7 heteroatoms. The molecule has 0 aliphatic carbocycles. The summed E-state index contributed by atoms with van der Waals surface area (Å²) >= 11 is 0. The molecule has 0 unspecified atom stereocenters. The summed E-state index contributed by atoms with van der Waals surface area (Å²) in [7, 11) is 1.99. The molecule has 3 rings (SSSR count). The quantitative estimate of drug-likeness (QED) is 0.402. The first-order valence-electron chi connectivity index (χ1n) is 10.5. The number of rotatable bonds is 11. The average Bonchev–Trinajstić information content (AvgIpc) is 3.17. The summed E-state index contributed by atoms with van der Waals surface area (Å²) in [4.78, 5) is 23.8. The lowest BCUT2D eigenvalue weighted by Crippen LogP contribution is -3.00. The number of imidazole rings is 1. The van der Waals surface area contributed by atoms with Crippen molar-refractivity contribution in [2.45, 2.75) is 32.2 Å². The van der Waals surface area contributed by atoms with Gasteiger partial charge in [0, 0.05) is 0 Å². The van der Waals surface area contributed by atoms with E-state index in [1.54, 1.807) is 0 Å². The first-order valence-corrected chi connectivity index (χ1v) is 10.5. The number of carboxylic acids is 2. The summed E-state index contributed by atoms with van der Waals surface area (Å²) in [6.45, 7) is 0.934. The molecule has 1 aromatic heterocycles. The third-order valence-corrected chi connectivity index (χ3v) is 5.60. The summed E-state index contributed by atoms with van der Waals surface area (Å²) in [5.41, 5.74) is 2.85. The van der Waals surface area contributed by atoms with E-state index in [1.807, 2.05) is 84.9 Å². The molecule has 0 amide bonds. The van der Waals surface area contributed by atoms with E-state index in [4.69, 9.17) is 0 Å². The third kappa shape index (κ3) is 7.24. The van der Waals surface area contributed by atoms with E-state index < -0.39 is 23.8 Å². The van der Waals surface area contributed by atoms with E-state index in [-0.39, 0.29) is 25.2 Å². The Bertz CT molecular complexity index is 1000. The minimum atomic E-state index is -1.08. The van der Waals surface area contributed by atoms with Gasteiger partial charge in [-0.15, -0.1) is 0 Å². The molecule has 2 atom stereocenters. The molecule has 0 saturated carbocycles. The number of aromatic nitrogens is 2. The SMILES string of the molecule is C[n+]1ccn(CCCc2ccc(C[C@H](C(=O)O)[C@H](Cc3ccccc3)C(=O)O)cc2)c1.[Cl-]. The van der Waals surface area contributed by atoms with Gasteiger partial charge in [0.1, 0.15) is 12.4 Å². The third-order valence-electron chi connectivity index (χ3n) is 5.60. The topological polar surface area (TPSA) is 83.4 Å². The normalized spacial score (nSPS) is 12.5. The molecule has 0 aliphatic rings. The maximum atomic E-state index is 11.9. The molecule has 1 heterocycles. The number of carboxylic acid groups (broad SMARTS) is 2. The number of hydrogen-bond acceptors (Lipinski definition) is 2. The van der Waals surface area contributed by atoms with Crippen LogP contribution in [-0.2, 0) is 42.4 Å². The van der Waals surface area contributed by atoms with E-state index >= 15 is 0 Å². The Morgan fingerprint density at radius 1 is 0.875 bits per heavy atom. The maximum absolute atomic E-state index is 11.9. The zero-order valence-corrected chi connectivity index (χ0v) is 18.9. The molecule has 170 valence electrons. The van der Waals surface area contributed by atoms with Crippen LogP contribution in [0.4, 0.5) is 0 Å². The predicted octanol–water partition coefficient (Wildman–Crippen LogP) is 0.136. The number of carbonyl (C=O) groups is 2. The molecule has 2 aromatic carbocycles.